The highest BCUT2D eigenvalue weighted by Crippen LogP contribution is 2.35. The normalized spacial score (nSPS) is 14.6. The number of aromatic nitrogens is 3. The number of H-pyrrole nitrogens is 1. The predicted molar refractivity (Wildman–Crippen MR) is 151 cm³/mol. The van der Waals surface area contributed by atoms with Gasteiger partial charge in [0.2, 0.25) is 0 Å². The summed E-state index contributed by atoms with van der Waals surface area (Å²) in [6.45, 7) is 8.91. The minimum atomic E-state index is -0.621. The molecule has 9 heteroatoms. The van der Waals surface area contributed by atoms with E-state index in [1.54, 1.807) is 18.5 Å². The second-order valence-corrected chi connectivity index (χ2v) is 9.64. The molecule has 0 amide bonds. The van der Waals surface area contributed by atoms with Crippen LogP contribution in [-0.4, -0.2) is 31.7 Å². The van der Waals surface area contributed by atoms with E-state index in [-0.39, 0.29) is 0 Å². The number of nitrogens with one attached hydrogen (secondary N) is 2. The van der Waals surface area contributed by atoms with Crippen LogP contribution < -0.4 is 10.5 Å². The van der Waals surface area contributed by atoms with E-state index in [0.717, 1.165) is 40.2 Å². The summed E-state index contributed by atoms with van der Waals surface area (Å²) >= 11 is 0. The second-order valence-electron chi connectivity index (χ2n) is 9.64. The Bertz CT molecular complexity index is 1610. The van der Waals surface area contributed by atoms with Crippen molar-refractivity contribution < 1.29 is 9.26 Å². The molecule has 0 fully saturated rings. The minimum absolute atomic E-state index is 0.327. The molecule has 0 spiro atoms. The molecule has 0 aliphatic carbocycles. The molecule has 0 saturated carbocycles. The molecule has 2 aromatic carbocycles. The summed E-state index contributed by atoms with van der Waals surface area (Å²) in [5, 5.41) is 12.7. The first-order valence-corrected chi connectivity index (χ1v) is 12.9. The number of amidine groups is 2. The van der Waals surface area contributed by atoms with Gasteiger partial charge in [-0.2, -0.15) is 0 Å². The van der Waals surface area contributed by atoms with E-state index in [4.69, 9.17) is 19.7 Å². The first-order valence-electron chi connectivity index (χ1n) is 12.9. The Morgan fingerprint density at radius 1 is 1.10 bits per heavy atom. The van der Waals surface area contributed by atoms with E-state index in [1.807, 2.05) is 53.4 Å². The van der Waals surface area contributed by atoms with Crippen molar-refractivity contribution in [1.29, 1.82) is 5.41 Å². The number of aliphatic imine (C=N–C) groups is 1. The number of pyridine rings is 1. The zero-order chi connectivity index (χ0) is 27.5. The third-order valence-electron chi connectivity index (χ3n) is 6.76. The number of benzene rings is 2. The Kier molecular flexibility index (Phi) is 7.23. The molecule has 0 radical (unpaired) electrons. The summed E-state index contributed by atoms with van der Waals surface area (Å²) < 4.78 is 10.8. The van der Waals surface area contributed by atoms with Crippen LogP contribution >= 0.6 is 0 Å². The van der Waals surface area contributed by atoms with E-state index in [2.05, 4.69) is 42.8 Å². The number of ether oxygens (including phenoxy) is 1. The van der Waals surface area contributed by atoms with Gasteiger partial charge < -0.3 is 9.64 Å². The molecule has 2 aromatic heterocycles. The van der Waals surface area contributed by atoms with Crippen LogP contribution in [0.15, 0.2) is 92.6 Å². The zero-order valence-corrected chi connectivity index (χ0v) is 22.4. The Balaban J connectivity index is 1.45. The van der Waals surface area contributed by atoms with Gasteiger partial charge in [-0.25, -0.2) is 9.79 Å². The summed E-state index contributed by atoms with van der Waals surface area (Å²) in [5.41, 5.74) is 5.37. The van der Waals surface area contributed by atoms with Crippen molar-refractivity contribution >= 4 is 11.7 Å². The molecule has 0 unspecified atom stereocenters. The van der Waals surface area contributed by atoms with Crippen molar-refractivity contribution in [3.05, 3.63) is 94.4 Å². The molecule has 5 rings (SSSR count). The van der Waals surface area contributed by atoms with Gasteiger partial charge in [0.05, 0.1) is 12.7 Å². The smallest absolute Gasteiger partial charge is 0.439 e. The van der Waals surface area contributed by atoms with Gasteiger partial charge in [-0.15, -0.1) is 0 Å². The fourth-order valence-electron chi connectivity index (χ4n) is 4.38. The monoisotopic (exact) mass is 522 g/mol. The lowest BCUT2D eigenvalue weighted by molar-refractivity contribution is 0.388. The highest BCUT2D eigenvalue weighted by atomic mass is 16.5. The predicted octanol–water partition coefficient (Wildman–Crippen LogP) is 6.42. The van der Waals surface area contributed by atoms with Crippen LogP contribution in [0.25, 0.3) is 22.5 Å². The quantitative estimate of drug-likeness (QED) is 0.276. The summed E-state index contributed by atoms with van der Waals surface area (Å²) in [4.78, 5) is 25.2. The van der Waals surface area contributed by atoms with Crippen LogP contribution in [0.1, 0.15) is 39.7 Å². The number of hydrogen-bond donors (Lipinski definition) is 2. The molecule has 4 aromatic rings. The molecule has 198 valence electrons. The van der Waals surface area contributed by atoms with E-state index in [0.29, 0.717) is 41.2 Å². The van der Waals surface area contributed by atoms with Crippen LogP contribution in [0.3, 0.4) is 0 Å². The SMILES string of the molecule is CCC1=N/C(=C(\C)C(C)C)C(=N)N1Cc1ccc(-c2cc(Oc3cccnc3)ccc2-c2noc(=O)[nH]2)cc1. The maximum Gasteiger partial charge on any atom is 0.439 e. The molecular formula is C30H30N6O3. The summed E-state index contributed by atoms with van der Waals surface area (Å²) in [7, 11) is 0. The van der Waals surface area contributed by atoms with Crippen LogP contribution in [0.2, 0.25) is 0 Å². The van der Waals surface area contributed by atoms with Gasteiger partial charge in [0.15, 0.2) is 11.7 Å². The first kappa shape index (κ1) is 25.8. The van der Waals surface area contributed by atoms with Crippen LogP contribution in [0.4, 0.5) is 0 Å². The van der Waals surface area contributed by atoms with Gasteiger partial charge in [-0.05, 0) is 65.4 Å². The lowest BCUT2D eigenvalue weighted by Gasteiger charge is -2.20. The zero-order valence-electron chi connectivity index (χ0n) is 22.4. The van der Waals surface area contributed by atoms with Crippen molar-refractivity contribution in [1.82, 2.24) is 20.0 Å². The van der Waals surface area contributed by atoms with Gasteiger partial charge in [-0.3, -0.25) is 19.9 Å². The van der Waals surface area contributed by atoms with Crippen molar-refractivity contribution in [2.24, 2.45) is 10.9 Å². The molecule has 39 heavy (non-hydrogen) atoms. The van der Waals surface area contributed by atoms with Gasteiger partial charge in [0, 0.05) is 18.2 Å². The topological polar surface area (TPSA) is 120 Å². The molecule has 2 N–H and O–H groups in total. The Hall–Kier alpha value is -4.79. The third kappa shape index (κ3) is 5.43. The highest BCUT2D eigenvalue weighted by molar-refractivity contribution is 6.13. The van der Waals surface area contributed by atoms with Gasteiger partial charge in [0.1, 0.15) is 23.0 Å². The Morgan fingerprint density at radius 2 is 1.90 bits per heavy atom. The number of allylic oxidation sites excluding steroid dienone is 1. The maximum atomic E-state index is 11.7. The number of aromatic amines is 1. The van der Waals surface area contributed by atoms with Gasteiger partial charge >= 0.3 is 5.76 Å². The average Bonchev–Trinajstić information content (AvgIpc) is 3.52. The number of rotatable bonds is 8. The van der Waals surface area contributed by atoms with Crippen molar-refractivity contribution in [2.45, 2.75) is 40.7 Å². The van der Waals surface area contributed by atoms with Crippen LogP contribution in [0.5, 0.6) is 11.5 Å². The van der Waals surface area contributed by atoms with Crippen LogP contribution in [-0.2, 0) is 6.54 Å². The molecule has 3 heterocycles. The maximum absolute atomic E-state index is 11.7. The first-order chi connectivity index (χ1) is 18.8. The molecule has 9 nitrogen and oxygen atoms in total. The lowest BCUT2D eigenvalue weighted by atomic mass is 9.97. The summed E-state index contributed by atoms with van der Waals surface area (Å²) in [6.07, 6.45) is 4.08. The fourth-order valence-corrected chi connectivity index (χ4v) is 4.38. The van der Waals surface area contributed by atoms with E-state index >= 15 is 0 Å². The van der Waals surface area contributed by atoms with Gasteiger partial charge in [-0.1, -0.05) is 50.2 Å². The van der Waals surface area contributed by atoms with Gasteiger partial charge in [0.25, 0.3) is 0 Å². The third-order valence-corrected chi connectivity index (χ3v) is 6.76. The molecule has 0 bridgehead atoms. The average molecular weight is 523 g/mol. The van der Waals surface area contributed by atoms with Crippen molar-refractivity contribution in [3.8, 4) is 34.0 Å². The molecule has 1 aliphatic rings. The standard InChI is InChI=1S/C30H30N6O3/c1-5-26-33-27(19(4)18(2)3)28(31)36(26)17-20-8-10-21(11-9-20)25-15-22(38-23-7-6-14-32-16-23)12-13-24(25)29-34-30(37)39-35-29/h6-16,18,31H,5,17H2,1-4H3,(H,34,35,37)/b27-19+,31-28?. The molecular weight excluding hydrogens is 492 g/mol. The highest BCUT2D eigenvalue weighted by Gasteiger charge is 2.28. The van der Waals surface area contributed by atoms with E-state index < -0.39 is 5.76 Å². The summed E-state index contributed by atoms with van der Waals surface area (Å²) in [5.74, 6) is 2.62. The number of hydrogen-bond acceptors (Lipinski definition) is 7. The Labute approximate surface area is 226 Å². The second kappa shape index (κ2) is 10.9. The summed E-state index contributed by atoms with van der Waals surface area (Å²) in [6, 6.07) is 17.3. The van der Waals surface area contributed by atoms with E-state index in [1.165, 1.54) is 0 Å². The molecule has 0 atom stereocenters. The molecule has 0 saturated heterocycles. The fraction of sp³-hybridized carbons (Fsp3) is 0.233. The lowest BCUT2D eigenvalue weighted by Crippen LogP contribution is -2.31. The van der Waals surface area contributed by atoms with Crippen molar-refractivity contribution in [3.63, 3.8) is 0 Å². The minimum Gasteiger partial charge on any atom is -0.456 e. The van der Waals surface area contributed by atoms with E-state index in [9.17, 15) is 4.79 Å². The Morgan fingerprint density at radius 3 is 2.54 bits per heavy atom. The van der Waals surface area contributed by atoms with Crippen molar-refractivity contribution in [2.75, 3.05) is 0 Å². The largest absolute Gasteiger partial charge is 0.456 e. The molecule has 1 aliphatic heterocycles. The number of nitrogens with zero attached hydrogens (tertiary/aromatic N) is 4. The van der Waals surface area contributed by atoms with Crippen LogP contribution in [0, 0.1) is 11.3 Å².